The van der Waals surface area contributed by atoms with Crippen LogP contribution in [0.1, 0.15) is 0 Å². The molecule has 2 aromatic carbocycles. The first-order valence-corrected chi connectivity index (χ1v) is 5.50. The molecule has 0 aliphatic rings. The summed E-state index contributed by atoms with van der Waals surface area (Å²) < 4.78 is 18.1. The number of hydrogen-bond donors (Lipinski definition) is 1. The van der Waals surface area contributed by atoms with Gasteiger partial charge in [-0.2, -0.15) is 0 Å². The predicted octanol–water partition coefficient (Wildman–Crippen LogP) is 3.26. The molecule has 2 N–H and O–H groups in total. The molecule has 1 heterocycles. The van der Waals surface area contributed by atoms with Crippen LogP contribution in [0.3, 0.4) is 0 Å². The van der Waals surface area contributed by atoms with E-state index in [2.05, 4.69) is 14.9 Å². The molecule has 0 radical (unpaired) electrons. The lowest BCUT2D eigenvalue weighted by molar-refractivity contribution is 0.315. The van der Waals surface area contributed by atoms with Gasteiger partial charge in [-0.05, 0) is 40.1 Å². The van der Waals surface area contributed by atoms with Crippen molar-refractivity contribution in [1.82, 2.24) is 10.3 Å². The van der Waals surface area contributed by atoms with E-state index < -0.39 is 5.82 Å². The summed E-state index contributed by atoms with van der Waals surface area (Å²) in [6.07, 6.45) is 0. The fourth-order valence-electron chi connectivity index (χ4n) is 1.73. The summed E-state index contributed by atoms with van der Waals surface area (Å²) in [6, 6.07) is 7.90. The smallest absolute Gasteiger partial charge is 0.146 e. The highest BCUT2D eigenvalue weighted by Gasteiger charge is 2.10. The van der Waals surface area contributed by atoms with Crippen LogP contribution in [0.4, 0.5) is 10.1 Å². The molecule has 0 bridgehead atoms. The summed E-state index contributed by atoms with van der Waals surface area (Å²) in [7, 11) is 0. The quantitative estimate of drug-likeness (QED) is 0.685. The zero-order valence-electron chi connectivity index (χ0n) is 9.02. The third-order valence-corrected chi connectivity index (χ3v) is 2.96. The Morgan fingerprint density at radius 3 is 2.72 bits per heavy atom. The largest absolute Gasteiger partial charge is 0.396 e. The minimum absolute atomic E-state index is 0.0212. The molecule has 1 aromatic heterocycles. The van der Waals surface area contributed by atoms with Crippen LogP contribution in [0.5, 0.6) is 0 Å². The highest BCUT2D eigenvalue weighted by atomic mass is 35.5. The van der Waals surface area contributed by atoms with Crippen molar-refractivity contribution in [2.24, 2.45) is 0 Å². The molecule has 18 heavy (non-hydrogen) atoms. The van der Waals surface area contributed by atoms with Gasteiger partial charge in [0.2, 0.25) is 0 Å². The summed E-state index contributed by atoms with van der Waals surface area (Å²) in [5.74, 6) is -0.507. The average molecular weight is 264 g/mol. The molecule has 0 saturated heterocycles. The maximum atomic E-state index is 13.5. The molecule has 0 atom stereocenters. The van der Waals surface area contributed by atoms with Crippen LogP contribution in [0.25, 0.3) is 22.2 Å². The molecular formula is C12H7ClFN3O. The molecule has 6 heteroatoms. The maximum Gasteiger partial charge on any atom is 0.146 e. The molecule has 0 spiro atoms. The summed E-state index contributed by atoms with van der Waals surface area (Å²) in [5.41, 5.74) is 7.95. The number of halogens is 2. The van der Waals surface area contributed by atoms with Gasteiger partial charge in [0.25, 0.3) is 0 Å². The standard InChI is InChI=1S/C12H7ClFN3O/c13-8-5-10(15)9(14)4-7(8)6-1-2-11-12(3-6)17-18-16-11/h1-5H,15H2. The number of fused-ring (bicyclic) bond motifs is 1. The van der Waals surface area contributed by atoms with E-state index >= 15 is 0 Å². The van der Waals surface area contributed by atoms with Gasteiger partial charge in [0, 0.05) is 5.56 Å². The molecule has 0 fully saturated rings. The lowest BCUT2D eigenvalue weighted by Crippen LogP contribution is -1.92. The van der Waals surface area contributed by atoms with E-state index in [-0.39, 0.29) is 5.69 Å². The van der Waals surface area contributed by atoms with E-state index in [0.29, 0.717) is 21.6 Å². The van der Waals surface area contributed by atoms with Crippen molar-refractivity contribution < 1.29 is 9.02 Å². The van der Waals surface area contributed by atoms with E-state index in [4.69, 9.17) is 17.3 Å². The molecule has 3 aromatic rings. The molecule has 0 aliphatic heterocycles. The first-order chi connectivity index (χ1) is 8.65. The Balaban J connectivity index is 2.21. The van der Waals surface area contributed by atoms with Crippen molar-refractivity contribution in [3.05, 3.63) is 41.2 Å². The topological polar surface area (TPSA) is 64.9 Å². The van der Waals surface area contributed by atoms with Crippen LogP contribution in [0.15, 0.2) is 35.0 Å². The van der Waals surface area contributed by atoms with E-state index in [1.165, 1.54) is 12.1 Å². The number of hydrogen-bond acceptors (Lipinski definition) is 4. The number of nitrogens with zero attached hydrogens (tertiary/aromatic N) is 2. The van der Waals surface area contributed by atoms with Gasteiger partial charge in [-0.15, -0.1) is 0 Å². The van der Waals surface area contributed by atoms with Crippen LogP contribution in [0, 0.1) is 5.82 Å². The van der Waals surface area contributed by atoms with Crippen molar-refractivity contribution in [1.29, 1.82) is 0 Å². The molecule has 0 saturated carbocycles. The Morgan fingerprint density at radius 1 is 1.11 bits per heavy atom. The van der Waals surface area contributed by atoms with Gasteiger partial charge in [0.1, 0.15) is 16.9 Å². The van der Waals surface area contributed by atoms with Crippen LogP contribution in [0.2, 0.25) is 5.02 Å². The third kappa shape index (κ3) is 1.69. The normalized spacial score (nSPS) is 11.0. The van der Waals surface area contributed by atoms with E-state index in [1.807, 2.05) is 0 Å². The van der Waals surface area contributed by atoms with Crippen LogP contribution in [-0.4, -0.2) is 10.3 Å². The average Bonchev–Trinajstić information content (AvgIpc) is 2.80. The Kier molecular flexibility index (Phi) is 2.41. The lowest BCUT2D eigenvalue weighted by atomic mass is 10.0. The molecule has 0 unspecified atom stereocenters. The maximum absolute atomic E-state index is 13.5. The minimum Gasteiger partial charge on any atom is -0.396 e. The summed E-state index contributed by atoms with van der Waals surface area (Å²) in [4.78, 5) is 0. The first-order valence-electron chi connectivity index (χ1n) is 5.12. The fraction of sp³-hybridized carbons (Fsp3) is 0. The number of benzene rings is 2. The van der Waals surface area contributed by atoms with Gasteiger partial charge < -0.3 is 5.73 Å². The van der Waals surface area contributed by atoms with E-state index in [9.17, 15) is 4.39 Å². The first kappa shape index (κ1) is 11.0. The highest BCUT2D eigenvalue weighted by molar-refractivity contribution is 6.33. The Morgan fingerprint density at radius 2 is 1.89 bits per heavy atom. The number of nitrogen functional groups attached to an aromatic ring is 1. The molecule has 4 nitrogen and oxygen atoms in total. The van der Waals surface area contributed by atoms with E-state index in [0.717, 1.165) is 5.56 Å². The lowest BCUT2D eigenvalue weighted by Gasteiger charge is -2.06. The van der Waals surface area contributed by atoms with Crippen molar-refractivity contribution in [2.75, 3.05) is 5.73 Å². The molecular weight excluding hydrogens is 257 g/mol. The van der Waals surface area contributed by atoms with Crippen molar-refractivity contribution in [3.8, 4) is 11.1 Å². The van der Waals surface area contributed by atoms with Gasteiger partial charge in [-0.25, -0.2) is 9.02 Å². The second-order valence-electron chi connectivity index (χ2n) is 3.82. The highest BCUT2D eigenvalue weighted by Crippen LogP contribution is 2.32. The van der Waals surface area contributed by atoms with Crippen molar-refractivity contribution in [3.63, 3.8) is 0 Å². The fourth-order valence-corrected chi connectivity index (χ4v) is 2.01. The summed E-state index contributed by atoms with van der Waals surface area (Å²) in [6.45, 7) is 0. The zero-order chi connectivity index (χ0) is 12.7. The number of aromatic nitrogens is 2. The van der Waals surface area contributed by atoms with Crippen LogP contribution >= 0.6 is 11.6 Å². The monoisotopic (exact) mass is 263 g/mol. The second kappa shape index (κ2) is 3.96. The van der Waals surface area contributed by atoms with Crippen molar-refractivity contribution in [2.45, 2.75) is 0 Å². The predicted molar refractivity (Wildman–Crippen MR) is 66.6 cm³/mol. The Hall–Kier alpha value is -2.14. The van der Waals surface area contributed by atoms with E-state index in [1.54, 1.807) is 18.2 Å². The van der Waals surface area contributed by atoms with Crippen molar-refractivity contribution >= 4 is 28.3 Å². The molecule has 3 rings (SSSR count). The molecule has 0 aliphatic carbocycles. The Bertz CT molecular complexity index is 741. The summed E-state index contributed by atoms with van der Waals surface area (Å²) in [5, 5.41) is 7.80. The number of nitrogens with two attached hydrogens (primary N) is 1. The number of rotatable bonds is 1. The van der Waals surface area contributed by atoms with Gasteiger partial charge in [0.05, 0.1) is 10.7 Å². The number of anilines is 1. The van der Waals surface area contributed by atoms with Gasteiger partial charge in [-0.3, -0.25) is 0 Å². The summed E-state index contributed by atoms with van der Waals surface area (Å²) >= 11 is 6.05. The van der Waals surface area contributed by atoms with Crippen LogP contribution in [-0.2, 0) is 0 Å². The third-order valence-electron chi connectivity index (χ3n) is 2.65. The van der Waals surface area contributed by atoms with Crippen LogP contribution < -0.4 is 5.73 Å². The Labute approximate surface area is 106 Å². The van der Waals surface area contributed by atoms with Gasteiger partial charge in [-0.1, -0.05) is 17.7 Å². The zero-order valence-corrected chi connectivity index (χ0v) is 9.78. The SMILES string of the molecule is Nc1cc(Cl)c(-c2ccc3nonc3c2)cc1F. The minimum atomic E-state index is -0.507. The second-order valence-corrected chi connectivity index (χ2v) is 4.23. The molecule has 90 valence electrons. The molecule has 0 amide bonds. The van der Waals surface area contributed by atoms with Gasteiger partial charge in [0.15, 0.2) is 0 Å². The van der Waals surface area contributed by atoms with Gasteiger partial charge >= 0.3 is 0 Å².